The van der Waals surface area contributed by atoms with Crippen LogP contribution in [0.15, 0.2) is 60.7 Å². The van der Waals surface area contributed by atoms with Crippen molar-refractivity contribution in [2.45, 2.75) is 13.3 Å². The van der Waals surface area contributed by atoms with E-state index in [-0.39, 0.29) is 5.91 Å². The zero-order valence-electron chi connectivity index (χ0n) is 15.3. The van der Waals surface area contributed by atoms with Crippen LogP contribution in [0.2, 0.25) is 0 Å². The molecule has 0 atom stereocenters. The minimum Gasteiger partial charge on any atom is -0.352 e. The number of amides is 1. The molecule has 3 rings (SSSR count). The third-order valence-corrected chi connectivity index (χ3v) is 3.97. The topological polar surface area (TPSA) is 92.9 Å². The molecule has 0 saturated heterocycles. The first-order valence-corrected chi connectivity index (χ1v) is 8.92. The fourth-order valence-corrected chi connectivity index (χ4v) is 2.68. The van der Waals surface area contributed by atoms with Crippen molar-refractivity contribution in [1.82, 2.24) is 15.3 Å². The van der Waals surface area contributed by atoms with Gasteiger partial charge in [-0.1, -0.05) is 36.4 Å². The van der Waals surface area contributed by atoms with Crippen LogP contribution in [0, 0.1) is 6.92 Å². The van der Waals surface area contributed by atoms with Gasteiger partial charge >= 0.3 is 0 Å². The van der Waals surface area contributed by atoms with E-state index in [0.29, 0.717) is 30.3 Å². The van der Waals surface area contributed by atoms with Crippen LogP contribution in [-0.4, -0.2) is 29.0 Å². The second-order valence-electron chi connectivity index (χ2n) is 6.16. The number of hydrogen-bond donors (Lipinski definition) is 3. The molecule has 1 heterocycles. The highest BCUT2D eigenvalue weighted by molar-refractivity contribution is 5.95. The summed E-state index contributed by atoms with van der Waals surface area (Å²) in [6.07, 6.45) is 0.756. The lowest BCUT2D eigenvalue weighted by atomic mass is 10.1. The molecular formula is C21H23N5O. The number of nitrogens with zero attached hydrogens (tertiary/aromatic N) is 2. The summed E-state index contributed by atoms with van der Waals surface area (Å²) in [5.41, 5.74) is 8.71. The van der Waals surface area contributed by atoms with Gasteiger partial charge in [0, 0.05) is 29.4 Å². The Morgan fingerprint density at radius 3 is 2.63 bits per heavy atom. The summed E-state index contributed by atoms with van der Waals surface area (Å²) >= 11 is 0. The van der Waals surface area contributed by atoms with Gasteiger partial charge in [0.05, 0.1) is 5.69 Å². The van der Waals surface area contributed by atoms with Crippen LogP contribution in [0.25, 0.3) is 11.3 Å². The van der Waals surface area contributed by atoms with Gasteiger partial charge in [0.15, 0.2) is 0 Å². The number of anilines is 2. The van der Waals surface area contributed by atoms with Gasteiger partial charge in [-0.05, 0) is 38.1 Å². The van der Waals surface area contributed by atoms with E-state index in [0.717, 1.165) is 23.4 Å². The van der Waals surface area contributed by atoms with Gasteiger partial charge in [0.1, 0.15) is 11.6 Å². The summed E-state index contributed by atoms with van der Waals surface area (Å²) in [6.45, 7) is 2.98. The molecule has 4 N–H and O–H groups in total. The summed E-state index contributed by atoms with van der Waals surface area (Å²) in [5.74, 6) is 1.24. The minimum atomic E-state index is -0.115. The largest absolute Gasteiger partial charge is 0.352 e. The molecule has 0 fully saturated rings. The molecule has 2 aromatic carbocycles. The molecule has 0 spiro atoms. The number of aromatic nitrogens is 2. The lowest BCUT2D eigenvalue weighted by molar-refractivity contribution is 0.0953. The van der Waals surface area contributed by atoms with Crippen LogP contribution in [-0.2, 0) is 0 Å². The van der Waals surface area contributed by atoms with Crippen molar-refractivity contribution in [3.63, 3.8) is 0 Å². The zero-order valence-corrected chi connectivity index (χ0v) is 15.3. The smallest absolute Gasteiger partial charge is 0.251 e. The van der Waals surface area contributed by atoms with Crippen LogP contribution in [0.4, 0.5) is 11.5 Å². The minimum absolute atomic E-state index is 0.115. The molecule has 0 radical (unpaired) electrons. The lowest BCUT2D eigenvalue weighted by Crippen LogP contribution is -2.25. The highest BCUT2D eigenvalue weighted by Gasteiger charge is 2.08. The van der Waals surface area contributed by atoms with E-state index in [2.05, 4.69) is 20.6 Å². The Morgan fingerprint density at radius 1 is 1.04 bits per heavy atom. The highest BCUT2D eigenvalue weighted by atomic mass is 16.1. The van der Waals surface area contributed by atoms with E-state index in [4.69, 9.17) is 5.73 Å². The molecule has 3 aromatic rings. The predicted molar refractivity (Wildman–Crippen MR) is 108 cm³/mol. The van der Waals surface area contributed by atoms with Crippen LogP contribution < -0.4 is 16.4 Å². The van der Waals surface area contributed by atoms with E-state index < -0.39 is 0 Å². The molecule has 0 bridgehead atoms. The molecule has 0 aliphatic heterocycles. The Morgan fingerprint density at radius 2 is 1.85 bits per heavy atom. The van der Waals surface area contributed by atoms with Crippen molar-refractivity contribution in [3.8, 4) is 11.3 Å². The Hall–Kier alpha value is -3.25. The van der Waals surface area contributed by atoms with Crippen molar-refractivity contribution in [1.29, 1.82) is 0 Å². The third-order valence-electron chi connectivity index (χ3n) is 3.97. The number of rotatable bonds is 7. The monoisotopic (exact) mass is 361 g/mol. The van der Waals surface area contributed by atoms with Crippen molar-refractivity contribution >= 4 is 17.4 Å². The number of carbonyl (C=O) groups is 1. The van der Waals surface area contributed by atoms with Crippen molar-refractivity contribution in [2.24, 2.45) is 5.73 Å². The first-order chi connectivity index (χ1) is 13.2. The van der Waals surface area contributed by atoms with Gasteiger partial charge < -0.3 is 16.4 Å². The number of aryl methyl sites for hydroxylation is 1. The summed E-state index contributed by atoms with van der Waals surface area (Å²) in [4.78, 5) is 21.2. The maximum Gasteiger partial charge on any atom is 0.251 e. The second kappa shape index (κ2) is 8.91. The Kier molecular flexibility index (Phi) is 6.12. The predicted octanol–water partition coefficient (Wildman–Crippen LogP) is 3.27. The van der Waals surface area contributed by atoms with E-state index >= 15 is 0 Å². The summed E-state index contributed by atoms with van der Waals surface area (Å²) in [6, 6.07) is 19.2. The first kappa shape index (κ1) is 18.5. The second-order valence-corrected chi connectivity index (χ2v) is 6.16. The van der Waals surface area contributed by atoms with Crippen LogP contribution in [0.3, 0.4) is 0 Å². The summed E-state index contributed by atoms with van der Waals surface area (Å²) < 4.78 is 0. The zero-order chi connectivity index (χ0) is 19.1. The molecule has 27 heavy (non-hydrogen) atoms. The average molecular weight is 361 g/mol. The maximum absolute atomic E-state index is 12.2. The van der Waals surface area contributed by atoms with Gasteiger partial charge in [0.2, 0.25) is 0 Å². The fraction of sp³-hybridized carbons (Fsp3) is 0.190. The molecule has 1 amide bonds. The van der Waals surface area contributed by atoms with Gasteiger partial charge in [-0.2, -0.15) is 0 Å². The molecule has 0 unspecified atom stereocenters. The molecular weight excluding hydrogens is 338 g/mol. The molecule has 0 aliphatic rings. The standard InChI is InChI=1S/C21H23N5O/c1-15-24-19(16-7-3-2-4-8-16)14-20(25-15)26-18-10-5-9-17(13-18)21(27)23-12-6-11-22/h2-5,7-10,13-14H,6,11-12,22H2,1H3,(H,23,27)(H,24,25,26). The van der Waals surface area contributed by atoms with Crippen LogP contribution in [0.5, 0.6) is 0 Å². The SMILES string of the molecule is Cc1nc(Nc2cccc(C(=O)NCCCN)c2)cc(-c2ccccc2)n1. The number of benzene rings is 2. The van der Waals surface area contributed by atoms with Crippen molar-refractivity contribution in [2.75, 3.05) is 18.4 Å². The molecule has 1 aromatic heterocycles. The number of carbonyl (C=O) groups excluding carboxylic acids is 1. The molecule has 138 valence electrons. The normalized spacial score (nSPS) is 10.4. The fourth-order valence-electron chi connectivity index (χ4n) is 2.68. The Labute approximate surface area is 158 Å². The van der Waals surface area contributed by atoms with Gasteiger partial charge in [-0.15, -0.1) is 0 Å². The average Bonchev–Trinajstić information content (AvgIpc) is 2.68. The summed E-state index contributed by atoms with van der Waals surface area (Å²) in [5, 5.41) is 6.12. The highest BCUT2D eigenvalue weighted by Crippen LogP contribution is 2.22. The Balaban J connectivity index is 1.78. The molecule has 6 nitrogen and oxygen atoms in total. The van der Waals surface area contributed by atoms with E-state index in [1.807, 2.05) is 55.5 Å². The van der Waals surface area contributed by atoms with Gasteiger partial charge in [-0.25, -0.2) is 9.97 Å². The molecule has 0 aliphatic carbocycles. The van der Waals surface area contributed by atoms with Crippen LogP contribution in [0.1, 0.15) is 22.6 Å². The van der Waals surface area contributed by atoms with E-state index in [1.165, 1.54) is 0 Å². The maximum atomic E-state index is 12.2. The molecule has 6 heteroatoms. The third kappa shape index (κ3) is 5.12. The quantitative estimate of drug-likeness (QED) is 0.562. The molecule has 0 saturated carbocycles. The number of nitrogens with two attached hydrogens (primary N) is 1. The van der Waals surface area contributed by atoms with Gasteiger partial charge in [-0.3, -0.25) is 4.79 Å². The van der Waals surface area contributed by atoms with E-state index in [9.17, 15) is 4.79 Å². The number of nitrogens with one attached hydrogen (secondary N) is 2. The van der Waals surface area contributed by atoms with Crippen LogP contribution >= 0.6 is 0 Å². The first-order valence-electron chi connectivity index (χ1n) is 8.92. The van der Waals surface area contributed by atoms with Crippen molar-refractivity contribution < 1.29 is 4.79 Å². The number of hydrogen-bond acceptors (Lipinski definition) is 5. The summed E-state index contributed by atoms with van der Waals surface area (Å²) in [7, 11) is 0. The Bertz CT molecular complexity index is 911. The lowest BCUT2D eigenvalue weighted by Gasteiger charge is -2.10. The van der Waals surface area contributed by atoms with Gasteiger partial charge in [0.25, 0.3) is 5.91 Å². The van der Waals surface area contributed by atoms with E-state index in [1.54, 1.807) is 12.1 Å². The van der Waals surface area contributed by atoms with Crippen molar-refractivity contribution in [3.05, 3.63) is 72.1 Å².